The first kappa shape index (κ1) is 13.7. The van der Waals surface area contributed by atoms with Crippen molar-refractivity contribution in [3.8, 4) is 0 Å². The van der Waals surface area contributed by atoms with Gasteiger partial charge in [-0.1, -0.05) is 0 Å². The summed E-state index contributed by atoms with van der Waals surface area (Å²) in [5, 5.41) is 0. The van der Waals surface area contributed by atoms with Crippen molar-refractivity contribution in [2.24, 2.45) is 11.8 Å². The highest BCUT2D eigenvalue weighted by Gasteiger charge is 2.43. The molecular formula is C13H21NO3. The van der Waals surface area contributed by atoms with Crippen LogP contribution in [0.2, 0.25) is 0 Å². The van der Waals surface area contributed by atoms with Crippen LogP contribution in [0.4, 0.5) is 0 Å². The van der Waals surface area contributed by atoms with Gasteiger partial charge in [0.2, 0.25) is 0 Å². The number of ether oxygens (including phenoxy) is 1. The fraction of sp³-hybridized carbons (Fsp3) is 0.692. The molecule has 1 aliphatic rings. The number of carbonyl (C=O) groups excluding carboxylic acids is 2. The molecule has 0 radical (unpaired) electrons. The van der Waals surface area contributed by atoms with E-state index in [0.717, 1.165) is 12.7 Å². The van der Waals surface area contributed by atoms with Crippen molar-refractivity contribution < 1.29 is 14.3 Å². The Bertz CT molecular complexity index is 339. The summed E-state index contributed by atoms with van der Waals surface area (Å²) in [7, 11) is 3.70. The van der Waals surface area contributed by atoms with Gasteiger partial charge in [-0.3, -0.25) is 0 Å². The van der Waals surface area contributed by atoms with Crippen molar-refractivity contribution in [2.45, 2.75) is 32.8 Å². The Hall–Kier alpha value is -1.32. The second-order valence-corrected chi connectivity index (χ2v) is 5.69. The van der Waals surface area contributed by atoms with E-state index >= 15 is 0 Å². The first-order valence-corrected chi connectivity index (χ1v) is 5.81. The number of esters is 1. The quantitative estimate of drug-likeness (QED) is 0.425. The normalized spacial score (nSPS) is 24.2. The lowest BCUT2D eigenvalue weighted by Crippen LogP contribution is -2.26. The molecule has 4 nitrogen and oxygen atoms in total. The van der Waals surface area contributed by atoms with E-state index in [1.807, 2.05) is 34.9 Å². The van der Waals surface area contributed by atoms with E-state index < -0.39 is 5.60 Å². The molecule has 0 spiro atoms. The Labute approximate surface area is 103 Å². The first-order valence-electron chi connectivity index (χ1n) is 5.81. The second-order valence-electron chi connectivity index (χ2n) is 5.69. The summed E-state index contributed by atoms with van der Waals surface area (Å²) in [6.07, 6.45) is 3.42. The minimum atomic E-state index is -0.506. The fourth-order valence-corrected chi connectivity index (χ4v) is 1.64. The van der Waals surface area contributed by atoms with Gasteiger partial charge in [0.1, 0.15) is 11.9 Å². The molecule has 1 rings (SSSR count). The maximum atomic E-state index is 12.0. The lowest BCUT2D eigenvalue weighted by molar-refractivity contribution is -0.150. The molecule has 2 atom stereocenters. The number of hydrogen-bond acceptors (Lipinski definition) is 4. The minimum absolute atomic E-state index is 0.0197. The molecule has 0 aromatic heterocycles. The van der Waals surface area contributed by atoms with Gasteiger partial charge in [0.05, 0.1) is 5.57 Å². The molecule has 0 aromatic rings. The minimum Gasteiger partial charge on any atom is -0.457 e. The molecule has 0 bridgehead atoms. The summed E-state index contributed by atoms with van der Waals surface area (Å²) < 4.78 is 5.35. The summed E-state index contributed by atoms with van der Waals surface area (Å²) >= 11 is 0. The number of rotatable bonds is 4. The maximum absolute atomic E-state index is 12.0. The molecule has 0 aromatic carbocycles. The fourth-order valence-electron chi connectivity index (χ4n) is 1.64. The van der Waals surface area contributed by atoms with E-state index in [1.165, 1.54) is 0 Å². The standard InChI is InChI=1S/C13H21NO3/c1-13(2,3)17-12(16)11(7-14(4)5)10-6-9(10)8-15/h7-10H,6H2,1-5H3. The van der Waals surface area contributed by atoms with E-state index in [9.17, 15) is 9.59 Å². The lowest BCUT2D eigenvalue weighted by Gasteiger charge is -2.21. The van der Waals surface area contributed by atoms with Gasteiger partial charge in [0, 0.05) is 32.1 Å². The molecule has 2 unspecified atom stereocenters. The Balaban J connectivity index is 2.78. The average Bonchev–Trinajstić information content (AvgIpc) is 2.89. The van der Waals surface area contributed by atoms with Crippen LogP contribution in [0, 0.1) is 11.8 Å². The molecule has 0 heterocycles. The van der Waals surface area contributed by atoms with Gasteiger partial charge in [-0.15, -0.1) is 0 Å². The summed E-state index contributed by atoms with van der Waals surface area (Å²) in [5.74, 6) is -0.306. The Morgan fingerprint density at radius 1 is 1.35 bits per heavy atom. The summed E-state index contributed by atoms with van der Waals surface area (Å²) in [6, 6.07) is 0. The van der Waals surface area contributed by atoms with Crippen molar-refractivity contribution in [1.29, 1.82) is 0 Å². The second kappa shape index (κ2) is 4.90. The molecule has 0 saturated heterocycles. The molecule has 1 aliphatic carbocycles. The zero-order valence-corrected chi connectivity index (χ0v) is 11.2. The molecule has 0 aliphatic heterocycles. The number of hydrogen-bond donors (Lipinski definition) is 0. The van der Waals surface area contributed by atoms with Gasteiger partial charge in [-0.05, 0) is 27.2 Å². The first-order chi connectivity index (χ1) is 7.74. The summed E-state index contributed by atoms with van der Waals surface area (Å²) in [5.41, 5.74) is 0.0932. The van der Waals surface area contributed by atoms with E-state index in [0.29, 0.717) is 5.57 Å². The van der Waals surface area contributed by atoms with Crippen LogP contribution in [-0.2, 0) is 14.3 Å². The van der Waals surface area contributed by atoms with Gasteiger partial charge >= 0.3 is 5.97 Å². The Morgan fingerprint density at radius 3 is 2.29 bits per heavy atom. The zero-order chi connectivity index (χ0) is 13.2. The van der Waals surface area contributed by atoms with Crippen LogP contribution in [0.15, 0.2) is 11.8 Å². The molecule has 17 heavy (non-hydrogen) atoms. The molecule has 0 amide bonds. The van der Waals surface area contributed by atoms with E-state index in [-0.39, 0.29) is 17.8 Å². The topological polar surface area (TPSA) is 46.6 Å². The number of nitrogens with zero attached hydrogens (tertiary/aromatic N) is 1. The van der Waals surface area contributed by atoms with E-state index in [4.69, 9.17) is 4.74 Å². The van der Waals surface area contributed by atoms with Gasteiger partial charge in [-0.2, -0.15) is 0 Å². The average molecular weight is 239 g/mol. The maximum Gasteiger partial charge on any atom is 0.336 e. The molecule has 0 N–H and O–H groups in total. The van der Waals surface area contributed by atoms with Crippen LogP contribution in [0.3, 0.4) is 0 Å². The third-order valence-electron chi connectivity index (χ3n) is 2.45. The van der Waals surface area contributed by atoms with Crippen LogP contribution < -0.4 is 0 Å². The highest BCUT2D eigenvalue weighted by molar-refractivity contribution is 5.91. The molecule has 1 fully saturated rings. The Morgan fingerprint density at radius 2 is 1.94 bits per heavy atom. The molecule has 1 saturated carbocycles. The highest BCUT2D eigenvalue weighted by Crippen LogP contribution is 2.43. The van der Waals surface area contributed by atoms with Gasteiger partial charge < -0.3 is 14.4 Å². The van der Waals surface area contributed by atoms with Crippen LogP contribution in [0.5, 0.6) is 0 Å². The summed E-state index contributed by atoms with van der Waals surface area (Å²) in [4.78, 5) is 24.5. The number of carbonyl (C=O) groups is 2. The smallest absolute Gasteiger partial charge is 0.336 e. The van der Waals surface area contributed by atoms with Crippen molar-refractivity contribution in [2.75, 3.05) is 14.1 Å². The van der Waals surface area contributed by atoms with Crippen LogP contribution >= 0.6 is 0 Å². The third kappa shape index (κ3) is 4.21. The largest absolute Gasteiger partial charge is 0.457 e. The monoisotopic (exact) mass is 239 g/mol. The lowest BCUT2D eigenvalue weighted by atomic mass is 10.1. The molecule has 4 heteroatoms. The van der Waals surface area contributed by atoms with Crippen molar-refractivity contribution in [3.63, 3.8) is 0 Å². The van der Waals surface area contributed by atoms with Gasteiger partial charge in [0.25, 0.3) is 0 Å². The Kier molecular flexibility index (Phi) is 3.96. The molecular weight excluding hydrogens is 218 g/mol. The van der Waals surface area contributed by atoms with Crippen molar-refractivity contribution in [3.05, 3.63) is 11.8 Å². The number of aldehydes is 1. The SMILES string of the molecule is CN(C)C=C(C(=O)OC(C)(C)C)C1CC1C=O. The van der Waals surface area contributed by atoms with E-state index in [2.05, 4.69) is 0 Å². The third-order valence-corrected chi connectivity index (χ3v) is 2.45. The highest BCUT2D eigenvalue weighted by atomic mass is 16.6. The van der Waals surface area contributed by atoms with Gasteiger partial charge in [-0.25, -0.2) is 4.79 Å². The summed E-state index contributed by atoms with van der Waals surface area (Å²) in [6.45, 7) is 5.51. The van der Waals surface area contributed by atoms with E-state index in [1.54, 1.807) is 11.1 Å². The van der Waals surface area contributed by atoms with Crippen LogP contribution in [-0.4, -0.2) is 36.9 Å². The predicted molar refractivity (Wildman–Crippen MR) is 65.3 cm³/mol. The van der Waals surface area contributed by atoms with Gasteiger partial charge in [0.15, 0.2) is 0 Å². The van der Waals surface area contributed by atoms with Crippen molar-refractivity contribution in [1.82, 2.24) is 4.90 Å². The van der Waals surface area contributed by atoms with Crippen molar-refractivity contribution >= 4 is 12.3 Å². The zero-order valence-electron chi connectivity index (χ0n) is 11.2. The van der Waals surface area contributed by atoms with Crippen LogP contribution in [0.1, 0.15) is 27.2 Å². The predicted octanol–water partition coefficient (Wildman–Crippen LogP) is 1.61. The molecule has 96 valence electrons. The van der Waals surface area contributed by atoms with Crippen LogP contribution in [0.25, 0.3) is 0 Å².